The Morgan fingerprint density at radius 1 is 1.35 bits per heavy atom. The number of aromatic nitrogens is 3. The van der Waals surface area contributed by atoms with Gasteiger partial charge in [0.15, 0.2) is 11.0 Å². The molecule has 23 heavy (non-hydrogen) atoms. The molecule has 0 aliphatic rings. The van der Waals surface area contributed by atoms with Crippen LogP contribution in [0.2, 0.25) is 0 Å². The lowest BCUT2D eigenvalue weighted by atomic mass is 10.1. The van der Waals surface area contributed by atoms with E-state index in [1.165, 1.54) is 18.9 Å². The van der Waals surface area contributed by atoms with Gasteiger partial charge in [-0.05, 0) is 19.1 Å². The Balaban J connectivity index is 1.94. The molecule has 0 atom stereocenters. The minimum absolute atomic E-state index is 0.165. The number of ether oxygens (including phenoxy) is 1. The molecule has 1 aromatic heterocycles. The largest absolute Gasteiger partial charge is 0.468 e. The van der Waals surface area contributed by atoms with Gasteiger partial charge in [0.1, 0.15) is 0 Å². The first-order valence-electron chi connectivity index (χ1n) is 6.94. The molecule has 0 radical (unpaired) electrons. The predicted molar refractivity (Wildman–Crippen MR) is 86.1 cm³/mol. The van der Waals surface area contributed by atoms with Crippen molar-refractivity contribution in [2.75, 3.05) is 12.9 Å². The smallest absolute Gasteiger partial charge is 0.316 e. The number of thioether (sulfide) groups is 1. The summed E-state index contributed by atoms with van der Waals surface area (Å²) in [5.41, 5.74) is 1.63. The molecular formula is C15H18N4O3S. The number of methoxy groups -OCH3 is 1. The van der Waals surface area contributed by atoms with Crippen LogP contribution in [-0.4, -0.2) is 39.5 Å². The van der Waals surface area contributed by atoms with Gasteiger partial charge in [-0.15, -0.1) is 10.2 Å². The van der Waals surface area contributed by atoms with Gasteiger partial charge in [0.25, 0.3) is 5.91 Å². The highest BCUT2D eigenvalue weighted by molar-refractivity contribution is 7.99. The summed E-state index contributed by atoms with van der Waals surface area (Å²) >= 11 is 1.24. The van der Waals surface area contributed by atoms with E-state index < -0.39 is 0 Å². The van der Waals surface area contributed by atoms with Crippen molar-refractivity contribution in [3.63, 3.8) is 0 Å². The number of rotatable bonds is 6. The first kappa shape index (κ1) is 17.0. The Morgan fingerprint density at radius 3 is 2.83 bits per heavy atom. The van der Waals surface area contributed by atoms with Gasteiger partial charge in [-0.3, -0.25) is 9.59 Å². The minimum atomic E-state index is -0.327. The van der Waals surface area contributed by atoms with E-state index in [1.807, 2.05) is 25.1 Å². The maximum Gasteiger partial charge on any atom is 0.316 e. The summed E-state index contributed by atoms with van der Waals surface area (Å²) in [4.78, 5) is 23.3. The fraction of sp³-hybridized carbons (Fsp3) is 0.333. The second-order valence-electron chi connectivity index (χ2n) is 4.87. The second-order valence-corrected chi connectivity index (χ2v) is 5.82. The molecule has 2 aromatic rings. The third-order valence-electron chi connectivity index (χ3n) is 3.16. The molecule has 1 amide bonds. The van der Waals surface area contributed by atoms with Crippen LogP contribution in [-0.2, 0) is 23.1 Å². The normalized spacial score (nSPS) is 10.4. The van der Waals surface area contributed by atoms with E-state index in [0.717, 1.165) is 5.56 Å². The Kier molecular flexibility index (Phi) is 5.75. The molecule has 0 fully saturated rings. The highest BCUT2D eigenvalue weighted by atomic mass is 32.2. The number of esters is 1. The van der Waals surface area contributed by atoms with Crippen LogP contribution in [0.1, 0.15) is 21.7 Å². The van der Waals surface area contributed by atoms with Gasteiger partial charge in [0, 0.05) is 12.6 Å². The van der Waals surface area contributed by atoms with E-state index in [0.29, 0.717) is 16.5 Å². The Bertz CT molecular complexity index is 714. The number of benzene rings is 1. The summed E-state index contributed by atoms with van der Waals surface area (Å²) in [6, 6.07) is 7.36. The maximum absolute atomic E-state index is 12.1. The molecule has 1 aromatic carbocycles. The molecule has 0 aliphatic heterocycles. The summed E-state index contributed by atoms with van der Waals surface area (Å²) in [6.07, 6.45) is 0. The van der Waals surface area contributed by atoms with Crippen LogP contribution in [0.25, 0.3) is 0 Å². The lowest BCUT2D eigenvalue weighted by Gasteiger charge is -2.06. The van der Waals surface area contributed by atoms with Crippen LogP contribution in [0.5, 0.6) is 0 Å². The summed E-state index contributed by atoms with van der Waals surface area (Å²) in [5.74, 6) is 0.282. The fourth-order valence-corrected chi connectivity index (χ4v) is 2.62. The molecule has 0 spiro atoms. The van der Waals surface area contributed by atoms with Gasteiger partial charge >= 0.3 is 5.97 Å². The van der Waals surface area contributed by atoms with Crippen molar-refractivity contribution < 1.29 is 14.3 Å². The summed E-state index contributed by atoms with van der Waals surface area (Å²) in [7, 11) is 3.12. The van der Waals surface area contributed by atoms with Crippen molar-refractivity contribution in [3.8, 4) is 0 Å². The Morgan fingerprint density at radius 2 is 2.13 bits per heavy atom. The maximum atomic E-state index is 12.1. The average molecular weight is 334 g/mol. The summed E-state index contributed by atoms with van der Waals surface area (Å²) in [5, 5.41) is 11.4. The highest BCUT2D eigenvalue weighted by Crippen LogP contribution is 2.15. The van der Waals surface area contributed by atoms with Crippen molar-refractivity contribution >= 4 is 23.6 Å². The first-order chi connectivity index (χ1) is 11.0. The van der Waals surface area contributed by atoms with Crippen LogP contribution >= 0.6 is 11.8 Å². The molecule has 122 valence electrons. The lowest BCUT2D eigenvalue weighted by molar-refractivity contribution is -0.137. The van der Waals surface area contributed by atoms with E-state index in [1.54, 1.807) is 17.7 Å². The summed E-state index contributed by atoms with van der Waals surface area (Å²) < 4.78 is 6.32. The van der Waals surface area contributed by atoms with E-state index in [4.69, 9.17) is 0 Å². The van der Waals surface area contributed by atoms with Crippen LogP contribution in [0, 0.1) is 6.92 Å². The highest BCUT2D eigenvalue weighted by Gasteiger charge is 2.13. The van der Waals surface area contributed by atoms with E-state index in [-0.39, 0.29) is 24.2 Å². The molecule has 2 rings (SSSR count). The number of hydrogen-bond donors (Lipinski definition) is 1. The molecule has 0 unspecified atom stereocenters. The Hall–Kier alpha value is -2.35. The molecule has 0 saturated heterocycles. The van der Waals surface area contributed by atoms with Gasteiger partial charge < -0.3 is 14.6 Å². The number of carbonyl (C=O) groups is 2. The number of hydrogen-bond acceptors (Lipinski definition) is 6. The zero-order valence-corrected chi connectivity index (χ0v) is 14.0. The molecule has 0 aliphatic carbocycles. The minimum Gasteiger partial charge on any atom is -0.468 e. The molecule has 0 bridgehead atoms. The quantitative estimate of drug-likeness (QED) is 0.633. The van der Waals surface area contributed by atoms with Crippen LogP contribution in [0.4, 0.5) is 0 Å². The van der Waals surface area contributed by atoms with Gasteiger partial charge in [-0.25, -0.2) is 0 Å². The monoisotopic (exact) mass is 334 g/mol. The third kappa shape index (κ3) is 4.56. The van der Waals surface area contributed by atoms with E-state index in [9.17, 15) is 9.59 Å². The van der Waals surface area contributed by atoms with Crippen LogP contribution < -0.4 is 5.32 Å². The Labute approximate surface area is 138 Å². The molecule has 8 heteroatoms. The van der Waals surface area contributed by atoms with Gasteiger partial charge in [-0.1, -0.05) is 29.5 Å². The number of nitrogens with zero attached hydrogens (tertiary/aromatic N) is 3. The third-order valence-corrected chi connectivity index (χ3v) is 4.15. The SMILES string of the molecule is COC(=O)CSc1nnc(CNC(=O)c2cccc(C)c2)n1C. The average Bonchev–Trinajstić information content (AvgIpc) is 2.90. The van der Waals surface area contributed by atoms with E-state index >= 15 is 0 Å². The van der Waals surface area contributed by atoms with Crippen molar-refractivity contribution in [1.29, 1.82) is 0 Å². The zero-order chi connectivity index (χ0) is 16.8. The van der Waals surface area contributed by atoms with E-state index in [2.05, 4.69) is 20.3 Å². The van der Waals surface area contributed by atoms with Crippen molar-refractivity contribution in [3.05, 3.63) is 41.2 Å². The standard InChI is InChI=1S/C15H18N4O3S/c1-10-5-4-6-11(7-10)14(21)16-8-12-17-18-15(19(12)2)23-9-13(20)22-3/h4-7H,8-9H2,1-3H3,(H,16,21). The molecule has 7 nitrogen and oxygen atoms in total. The first-order valence-corrected chi connectivity index (χ1v) is 7.92. The van der Waals surface area contributed by atoms with Gasteiger partial charge in [0.05, 0.1) is 19.4 Å². The van der Waals surface area contributed by atoms with Gasteiger partial charge in [0.2, 0.25) is 0 Å². The van der Waals surface area contributed by atoms with Crippen molar-refractivity contribution in [2.24, 2.45) is 7.05 Å². The molecule has 0 saturated carbocycles. The number of nitrogens with one attached hydrogen (secondary N) is 1. The number of amides is 1. The number of carbonyl (C=O) groups excluding carboxylic acids is 2. The number of aryl methyl sites for hydroxylation is 1. The molecule has 1 heterocycles. The van der Waals surface area contributed by atoms with Crippen molar-refractivity contribution in [2.45, 2.75) is 18.6 Å². The van der Waals surface area contributed by atoms with Crippen molar-refractivity contribution in [1.82, 2.24) is 20.1 Å². The lowest BCUT2D eigenvalue weighted by Crippen LogP contribution is -2.24. The topological polar surface area (TPSA) is 86.1 Å². The molecular weight excluding hydrogens is 316 g/mol. The molecule has 1 N–H and O–H groups in total. The van der Waals surface area contributed by atoms with Gasteiger partial charge in [-0.2, -0.15) is 0 Å². The predicted octanol–water partition coefficient (Wildman–Crippen LogP) is 1.32. The fourth-order valence-electron chi connectivity index (χ4n) is 1.85. The van der Waals surface area contributed by atoms with Crippen LogP contribution in [0.15, 0.2) is 29.4 Å². The zero-order valence-electron chi connectivity index (χ0n) is 13.2. The second kappa shape index (κ2) is 7.77. The summed E-state index contributed by atoms with van der Waals surface area (Å²) in [6.45, 7) is 2.19. The van der Waals surface area contributed by atoms with Crippen LogP contribution in [0.3, 0.4) is 0 Å².